The number of aromatic nitrogens is 2. The van der Waals surface area contributed by atoms with Crippen LogP contribution in [-0.2, 0) is 16.2 Å². The Bertz CT molecular complexity index is 471. The Balaban J connectivity index is 3.68. The van der Waals surface area contributed by atoms with Crippen molar-refractivity contribution < 1.29 is 0 Å². The first kappa shape index (κ1) is 16.4. The van der Waals surface area contributed by atoms with Crippen LogP contribution >= 0.6 is 11.6 Å². The summed E-state index contributed by atoms with van der Waals surface area (Å²) in [6, 6.07) is 0. The minimum atomic E-state index is -0.0972. The lowest BCUT2D eigenvalue weighted by molar-refractivity contribution is 0.482. The quantitative estimate of drug-likeness (QED) is 0.624. The Morgan fingerprint density at radius 1 is 0.684 bits per heavy atom. The highest BCUT2D eigenvalue weighted by Crippen LogP contribution is 2.37. The van der Waals surface area contributed by atoms with Crippen molar-refractivity contribution in [2.75, 3.05) is 0 Å². The van der Waals surface area contributed by atoms with E-state index < -0.39 is 0 Å². The Morgan fingerprint density at radius 2 is 1.16 bits per heavy atom. The average molecular weight is 283 g/mol. The van der Waals surface area contributed by atoms with Crippen LogP contribution in [0.1, 0.15) is 79.4 Å². The van der Waals surface area contributed by atoms with Crippen LogP contribution in [0.15, 0.2) is 0 Å². The summed E-state index contributed by atoms with van der Waals surface area (Å²) >= 11 is 6.48. The fraction of sp³-hybridized carbons (Fsp3) is 0.750. The van der Waals surface area contributed by atoms with Gasteiger partial charge in [0, 0.05) is 16.4 Å². The second kappa shape index (κ2) is 4.73. The molecule has 3 heteroatoms. The highest BCUT2D eigenvalue weighted by atomic mass is 35.5. The molecular formula is C16H27ClN2. The molecule has 0 saturated heterocycles. The summed E-state index contributed by atoms with van der Waals surface area (Å²) in [5.74, 6) is 0.815. The highest BCUT2D eigenvalue weighted by Gasteiger charge is 2.32. The molecule has 0 atom stereocenters. The standard InChI is InChI=1S/C16H27ClN2/c1-14(2,3)10-11(15(4,5)6)18-13(16(7,8)9)19-12(10)17/h1-9H3. The molecule has 0 bridgehead atoms. The first-order valence-corrected chi connectivity index (χ1v) is 7.21. The third kappa shape index (κ3) is 3.68. The van der Waals surface area contributed by atoms with Crippen molar-refractivity contribution in [1.82, 2.24) is 9.97 Å². The molecule has 108 valence electrons. The smallest absolute Gasteiger partial charge is 0.136 e. The maximum Gasteiger partial charge on any atom is 0.136 e. The molecule has 0 saturated carbocycles. The molecule has 0 fully saturated rings. The zero-order valence-corrected chi connectivity index (χ0v) is 14.5. The van der Waals surface area contributed by atoms with Crippen molar-refractivity contribution in [3.63, 3.8) is 0 Å². The highest BCUT2D eigenvalue weighted by molar-refractivity contribution is 6.30. The van der Waals surface area contributed by atoms with Crippen LogP contribution in [0, 0.1) is 0 Å². The molecule has 0 aliphatic heterocycles. The second-order valence-corrected chi connectivity index (χ2v) is 8.67. The van der Waals surface area contributed by atoms with E-state index in [1.165, 1.54) is 0 Å². The van der Waals surface area contributed by atoms with Gasteiger partial charge in [-0.2, -0.15) is 0 Å². The van der Waals surface area contributed by atoms with Crippen molar-refractivity contribution in [2.24, 2.45) is 0 Å². The molecule has 0 aliphatic rings. The van der Waals surface area contributed by atoms with Crippen LogP contribution < -0.4 is 0 Å². The molecule has 0 aromatic carbocycles. The number of hydrogen-bond acceptors (Lipinski definition) is 2. The van der Waals surface area contributed by atoms with Gasteiger partial charge in [-0.3, -0.25) is 0 Å². The van der Waals surface area contributed by atoms with E-state index in [-0.39, 0.29) is 16.2 Å². The summed E-state index contributed by atoms with van der Waals surface area (Å²) < 4.78 is 0. The van der Waals surface area contributed by atoms with Gasteiger partial charge >= 0.3 is 0 Å². The monoisotopic (exact) mass is 282 g/mol. The van der Waals surface area contributed by atoms with Gasteiger partial charge in [0.1, 0.15) is 11.0 Å². The van der Waals surface area contributed by atoms with E-state index in [2.05, 4.69) is 67.3 Å². The predicted octanol–water partition coefficient (Wildman–Crippen LogP) is 5.02. The van der Waals surface area contributed by atoms with Gasteiger partial charge in [0.05, 0.1) is 5.69 Å². The predicted molar refractivity (Wildman–Crippen MR) is 83.1 cm³/mol. The molecule has 0 radical (unpaired) electrons. The van der Waals surface area contributed by atoms with E-state index in [1.54, 1.807) is 0 Å². The molecule has 19 heavy (non-hydrogen) atoms. The Labute approximate surface area is 123 Å². The van der Waals surface area contributed by atoms with Crippen LogP contribution in [-0.4, -0.2) is 9.97 Å². The van der Waals surface area contributed by atoms with Crippen molar-refractivity contribution in [3.05, 3.63) is 22.2 Å². The van der Waals surface area contributed by atoms with Crippen molar-refractivity contribution in [3.8, 4) is 0 Å². The Morgan fingerprint density at radius 3 is 1.47 bits per heavy atom. The molecule has 0 spiro atoms. The SMILES string of the molecule is CC(C)(C)c1nc(Cl)c(C(C)(C)C)c(C(C)(C)C)n1. The molecule has 0 amide bonds. The summed E-state index contributed by atoms with van der Waals surface area (Å²) in [7, 11) is 0. The van der Waals surface area contributed by atoms with E-state index in [4.69, 9.17) is 16.6 Å². The minimum absolute atomic E-state index is 0.0464. The first-order chi connectivity index (χ1) is 8.24. The summed E-state index contributed by atoms with van der Waals surface area (Å²) in [6.45, 7) is 19.3. The second-order valence-electron chi connectivity index (χ2n) is 8.31. The van der Waals surface area contributed by atoms with E-state index in [0.29, 0.717) is 5.15 Å². The summed E-state index contributed by atoms with van der Waals surface area (Å²) in [4.78, 5) is 9.39. The van der Waals surface area contributed by atoms with E-state index >= 15 is 0 Å². The first-order valence-electron chi connectivity index (χ1n) is 6.83. The molecule has 1 aromatic heterocycles. The van der Waals surface area contributed by atoms with Crippen LogP contribution in [0.3, 0.4) is 0 Å². The molecular weight excluding hydrogens is 256 g/mol. The summed E-state index contributed by atoms with van der Waals surface area (Å²) in [5, 5.41) is 0.595. The lowest BCUT2D eigenvalue weighted by Crippen LogP contribution is -2.28. The molecule has 0 aliphatic carbocycles. The van der Waals surface area contributed by atoms with Gasteiger partial charge in [-0.1, -0.05) is 73.9 Å². The maximum absolute atomic E-state index is 6.48. The Hall–Kier alpha value is -0.630. The fourth-order valence-electron chi connectivity index (χ4n) is 1.98. The van der Waals surface area contributed by atoms with Gasteiger partial charge in [0.25, 0.3) is 0 Å². The van der Waals surface area contributed by atoms with Crippen molar-refractivity contribution >= 4 is 11.6 Å². The van der Waals surface area contributed by atoms with Crippen molar-refractivity contribution in [1.29, 1.82) is 0 Å². The van der Waals surface area contributed by atoms with Gasteiger partial charge in [0.15, 0.2) is 0 Å². The van der Waals surface area contributed by atoms with Crippen LogP contribution in [0.4, 0.5) is 0 Å². The van der Waals surface area contributed by atoms with Gasteiger partial charge in [0.2, 0.25) is 0 Å². The summed E-state index contributed by atoms with van der Waals surface area (Å²) in [5.41, 5.74) is 1.92. The average Bonchev–Trinajstić information content (AvgIpc) is 2.11. The molecule has 2 nitrogen and oxygen atoms in total. The lowest BCUT2D eigenvalue weighted by Gasteiger charge is -2.31. The molecule has 0 unspecified atom stereocenters. The Kier molecular flexibility index (Phi) is 4.09. The fourth-order valence-corrected chi connectivity index (χ4v) is 2.43. The minimum Gasteiger partial charge on any atom is -0.236 e. The normalized spacial score (nSPS) is 13.8. The maximum atomic E-state index is 6.48. The van der Waals surface area contributed by atoms with Gasteiger partial charge in [-0.05, 0) is 5.41 Å². The van der Waals surface area contributed by atoms with E-state index in [0.717, 1.165) is 17.1 Å². The molecule has 0 N–H and O–H groups in total. The third-order valence-corrected chi connectivity index (χ3v) is 3.27. The topological polar surface area (TPSA) is 25.8 Å². The van der Waals surface area contributed by atoms with Gasteiger partial charge in [-0.25, -0.2) is 9.97 Å². The number of hydrogen-bond donors (Lipinski definition) is 0. The van der Waals surface area contributed by atoms with Gasteiger partial charge in [-0.15, -0.1) is 0 Å². The van der Waals surface area contributed by atoms with Crippen molar-refractivity contribution in [2.45, 2.75) is 78.6 Å². The van der Waals surface area contributed by atoms with E-state index in [1.807, 2.05) is 0 Å². The molecule has 1 heterocycles. The lowest BCUT2D eigenvalue weighted by atomic mass is 9.78. The van der Waals surface area contributed by atoms with Crippen LogP contribution in [0.25, 0.3) is 0 Å². The number of halogens is 1. The largest absolute Gasteiger partial charge is 0.236 e. The summed E-state index contributed by atoms with van der Waals surface area (Å²) in [6.07, 6.45) is 0. The zero-order chi connectivity index (χ0) is 15.2. The number of nitrogens with zero attached hydrogens (tertiary/aromatic N) is 2. The zero-order valence-electron chi connectivity index (χ0n) is 13.8. The number of rotatable bonds is 0. The molecule has 1 aromatic rings. The van der Waals surface area contributed by atoms with E-state index in [9.17, 15) is 0 Å². The van der Waals surface area contributed by atoms with Crippen LogP contribution in [0.5, 0.6) is 0 Å². The third-order valence-electron chi connectivity index (χ3n) is 3.00. The van der Waals surface area contributed by atoms with Gasteiger partial charge < -0.3 is 0 Å². The van der Waals surface area contributed by atoms with Crippen LogP contribution in [0.2, 0.25) is 5.15 Å². The molecule has 1 rings (SSSR count).